The molecule has 6 heteroatoms. The zero-order valence-electron chi connectivity index (χ0n) is 10.4. The number of hydrogen-bond acceptors (Lipinski definition) is 5. The highest BCUT2D eigenvalue weighted by Gasteiger charge is 2.07. The van der Waals surface area contributed by atoms with E-state index in [1.165, 1.54) is 30.7 Å². The number of halogens is 1. The fourth-order valence-corrected chi connectivity index (χ4v) is 1.88. The molecule has 100 valence electrons. The van der Waals surface area contributed by atoms with Gasteiger partial charge in [0.25, 0.3) is 0 Å². The molecule has 0 atom stereocenters. The predicted molar refractivity (Wildman–Crippen MR) is 72.7 cm³/mol. The molecule has 0 saturated heterocycles. The van der Waals surface area contributed by atoms with Crippen LogP contribution < -0.4 is 5.32 Å². The molecule has 0 spiro atoms. The quantitative estimate of drug-likeness (QED) is 0.765. The summed E-state index contributed by atoms with van der Waals surface area (Å²) in [6.45, 7) is 0.220. The fraction of sp³-hybridized carbons (Fsp3) is 0.0714. The van der Waals surface area contributed by atoms with Crippen LogP contribution in [0.2, 0.25) is 0 Å². The van der Waals surface area contributed by atoms with Crippen LogP contribution in [0.4, 0.5) is 10.1 Å². The highest BCUT2D eigenvalue weighted by Crippen LogP contribution is 2.22. The summed E-state index contributed by atoms with van der Waals surface area (Å²) in [6.07, 6.45) is 6.04. The smallest absolute Gasteiger partial charge is 0.141 e. The molecule has 0 bridgehead atoms. The fourth-order valence-electron chi connectivity index (χ4n) is 1.88. The first-order chi connectivity index (χ1) is 9.74. The Hall–Kier alpha value is -2.76. The van der Waals surface area contributed by atoms with E-state index in [9.17, 15) is 9.50 Å². The van der Waals surface area contributed by atoms with Crippen molar-refractivity contribution in [2.75, 3.05) is 5.32 Å². The Morgan fingerprint density at radius 1 is 1.10 bits per heavy atom. The van der Waals surface area contributed by atoms with Gasteiger partial charge in [0.2, 0.25) is 0 Å². The first-order valence-electron chi connectivity index (χ1n) is 6.00. The predicted octanol–water partition coefficient (Wildman–Crippen LogP) is 2.48. The summed E-state index contributed by atoms with van der Waals surface area (Å²) in [6, 6.07) is 4.45. The van der Waals surface area contributed by atoms with Gasteiger partial charge in [-0.1, -0.05) is 0 Å². The minimum absolute atomic E-state index is 0.0704. The van der Waals surface area contributed by atoms with Crippen molar-refractivity contribution in [3.63, 3.8) is 0 Å². The first-order valence-corrected chi connectivity index (χ1v) is 6.00. The van der Waals surface area contributed by atoms with Crippen molar-refractivity contribution in [1.82, 2.24) is 15.0 Å². The number of anilines is 1. The van der Waals surface area contributed by atoms with Crippen LogP contribution in [-0.4, -0.2) is 20.1 Å². The number of hydrogen-bond donors (Lipinski definition) is 2. The largest absolute Gasteiger partial charge is 0.506 e. The van der Waals surface area contributed by atoms with Gasteiger partial charge in [-0.3, -0.25) is 15.0 Å². The van der Waals surface area contributed by atoms with Gasteiger partial charge < -0.3 is 10.4 Å². The van der Waals surface area contributed by atoms with E-state index in [1.54, 1.807) is 12.3 Å². The van der Waals surface area contributed by atoms with Crippen molar-refractivity contribution < 1.29 is 9.50 Å². The Bertz CT molecular complexity index is 763. The van der Waals surface area contributed by atoms with Gasteiger partial charge in [-0.05, 0) is 6.07 Å². The number of nitrogens with zero attached hydrogens (tertiary/aromatic N) is 3. The number of aromatic hydroxyl groups is 1. The standard InChI is InChI=1S/C14H11FN4O/c15-10-6-12-11(17-3-4-18-12)5-9(10)7-19-13-8-16-2-1-14(13)20/h1-6,8,19H,7H2,(H,16,20). The summed E-state index contributed by atoms with van der Waals surface area (Å²) in [5.41, 5.74) is 2.03. The van der Waals surface area contributed by atoms with Crippen LogP contribution in [-0.2, 0) is 6.54 Å². The van der Waals surface area contributed by atoms with E-state index in [4.69, 9.17) is 0 Å². The molecule has 1 aromatic carbocycles. The number of aromatic nitrogens is 3. The van der Waals surface area contributed by atoms with Crippen molar-refractivity contribution in [3.05, 3.63) is 54.4 Å². The van der Waals surface area contributed by atoms with Gasteiger partial charge in [0, 0.05) is 42.8 Å². The highest BCUT2D eigenvalue weighted by atomic mass is 19.1. The van der Waals surface area contributed by atoms with Crippen LogP contribution in [0.25, 0.3) is 11.0 Å². The second-order valence-corrected chi connectivity index (χ2v) is 4.24. The molecule has 3 rings (SSSR count). The van der Waals surface area contributed by atoms with E-state index in [0.717, 1.165) is 0 Å². The second-order valence-electron chi connectivity index (χ2n) is 4.24. The minimum Gasteiger partial charge on any atom is -0.506 e. The Morgan fingerprint density at radius 2 is 1.85 bits per heavy atom. The third-order valence-electron chi connectivity index (χ3n) is 2.90. The van der Waals surface area contributed by atoms with E-state index >= 15 is 0 Å². The van der Waals surface area contributed by atoms with E-state index in [0.29, 0.717) is 22.3 Å². The van der Waals surface area contributed by atoms with Crippen molar-refractivity contribution in [1.29, 1.82) is 0 Å². The number of nitrogens with one attached hydrogen (secondary N) is 1. The van der Waals surface area contributed by atoms with E-state index in [1.807, 2.05) is 0 Å². The molecule has 2 aromatic heterocycles. The third kappa shape index (κ3) is 2.35. The summed E-state index contributed by atoms with van der Waals surface area (Å²) in [5, 5.41) is 12.5. The molecule has 0 radical (unpaired) electrons. The lowest BCUT2D eigenvalue weighted by molar-refractivity contribution is 0.476. The van der Waals surface area contributed by atoms with Crippen LogP contribution in [0.1, 0.15) is 5.56 Å². The molecule has 5 nitrogen and oxygen atoms in total. The van der Waals surface area contributed by atoms with Crippen molar-refractivity contribution in [3.8, 4) is 5.75 Å². The summed E-state index contributed by atoms with van der Waals surface area (Å²) in [4.78, 5) is 12.1. The molecule has 2 heterocycles. The van der Waals surface area contributed by atoms with Crippen LogP contribution >= 0.6 is 0 Å². The Labute approximate surface area is 114 Å². The lowest BCUT2D eigenvalue weighted by Crippen LogP contribution is -2.03. The van der Waals surface area contributed by atoms with E-state index in [2.05, 4.69) is 20.3 Å². The van der Waals surface area contributed by atoms with Crippen molar-refractivity contribution in [2.45, 2.75) is 6.54 Å². The summed E-state index contributed by atoms with van der Waals surface area (Å²) in [7, 11) is 0. The second kappa shape index (κ2) is 5.08. The van der Waals surface area contributed by atoms with Gasteiger partial charge in [-0.25, -0.2) is 4.39 Å². The third-order valence-corrected chi connectivity index (χ3v) is 2.90. The van der Waals surface area contributed by atoms with Crippen LogP contribution in [0, 0.1) is 5.82 Å². The van der Waals surface area contributed by atoms with Gasteiger partial charge >= 0.3 is 0 Å². The zero-order valence-corrected chi connectivity index (χ0v) is 10.4. The van der Waals surface area contributed by atoms with Gasteiger partial charge in [0.1, 0.15) is 11.6 Å². The molecule has 0 unspecified atom stereocenters. The normalized spacial score (nSPS) is 10.7. The Balaban J connectivity index is 1.87. The summed E-state index contributed by atoms with van der Waals surface area (Å²) in [5.74, 6) is -0.296. The maximum atomic E-state index is 13.9. The molecule has 3 aromatic rings. The van der Waals surface area contributed by atoms with Gasteiger partial charge in [0.05, 0.1) is 22.9 Å². The molecule has 0 saturated carbocycles. The number of fused-ring (bicyclic) bond motifs is 1. The van der Waals surface area contributed by atoms with Crippen LogP contribution in [0.15, 0.2) is 43.0 Å². The summed E-state index contributed by atoms with van der Waals surface area (Å²) >= 11 is 0. The van der Waals surface area contributed by atoms with Crippen molar-refractivity contribution in [2.24, 2.45) is 0 Å². The molecule has 20 heavy (non-hydrogen) atoms. The van der Waals surface area contributed by atoms with Crippen LogP contribution in [0.5, 0.6) is 5.75 Å². The van der Waals surface area contributed by atoms with Gasteiger partial charge in [0.15, 0.2) is 0 Å². The number of benzene rings is 1. The molecular weight excluding hydrogens is 259 g/mol. The number of pyridine rings is 1. The topological polar surface area (TPSA) is 70.9 Å². The highest BCUT2D eigenvalue weighted by molar-refractivity contribution is 5.74. The summed E-state index contributed by atoms with van der Waals surface area (Å²) < 4.78 is 13.9. The molecule has 0 fully saturated rings. The molecule has 0 aliphatic carbocycles. The maximum absolute atomic E-state index is 13.9. The first kappa shape index (κ1) is 12.3. The molecule has 0 aliphatic heterocycles. The number of rotatable bonds is 3. The molecular formula is C14H11FN4O. The Morgan fingerprint density at radius 3 is 2.60 bits per heavy atom. The zero-order chi connectivity index (χ0) is 13.9. The van der Waals surface area contributed by atoms with Gasteiger partial charge in [-0.15, -0.1) is 0 Å². The lowest BCUT2D eigenvalue weighted by Gasteiger charge is -2.09. The SMILES string of the molecule is Oc1ccncc1NCc1cc2nccnc2cc1F. The maximum Gasteiger partial charge on any atom is 0.141 e. The van der Waals surface area contributed by atoms with E-state index < -0.39 is 0 Å². The Kier molecular flexibility index (Phi) is 3.12. The van der Waals surface area contributed by atoms with Gasteiger partial charge in [-0.2, -0.15) is 0 Å². The minimum atomic E-state index is -0.367. The van der Waals surface area contributed by atoms with E-state index in [-0.39, 0.29) is 18.1 Å². The van der Waals surface area contributed by atoms with Crippen molar-refractivity contribution >= 4 is 16.7 Å². The molecule has 2 N–H and O–H groups in total. The van der Waals surface area contributed by atoms with Crippen LogP contribution in [0.3, 0.4) is 0 Å². The lowest BCUT2D eigenvalue weighted by atomic mass is 10.1. The average Bonchev–Trinajstić information content (AvgIpc) is 2.46. The average molecular weight is 270 g/mol. The monoisotopic (exact) mass is 270 g/mol. The molecule has 0 aliphatic rings. The molecule has 0 amide bonds.